The normalized spacial score (nSPS) is 10.5. The van der Waals surface area contributed by atoms with Gasteiger partial charge >= 0.3 is 5.97 Å². The number of carboxylic acid groups (broad SMARTS) is 1. The molecule has 1 aromatic carbocycles. The average Bonchev–Trinajstić information content (AvgIpc) is 2.60. The summed E-state index contributed by atoms with van der Waals surface area (Å²) in [5, 5.41) is 9.61. The first-order valence-electron chi connectivity index (χ1n) is 5.00. The molecule has 0 amide bonds. The van der Waals surface area contributed by atoms with Crippen molar-refractivity contribution in [2.24, 2.45) is 0 Å². The molecule has 2 aromatic rings. The summed E-state index contributed by atoms with van der Waals surface area (Å²) in [7, 11) is 0. The third-order valence-electron chi connectivity index (χ3n) is 2.26. The number of aliphatic carboxylic acids is 1. The highest BCUT2D eigenvalue weighted by Crippen LogP contribution is 2.31. The Morgan fingerprint density at radius 3 is 2.65 bits per heavy atom. The number of hydrogen-bond donors (Lipinski definition) is 1. The highest BCUT2D eigenvalue weighted by atomic mass is 79.9. The summed E-state index contributed by atoms with van der Waals surface area (Å²) in [6.45, 7) is 2.03. The van der Waals surface area contributed by atoms with Gasteiger partial charge in [-0.05, 0) is 22.9 Å². The highest BCUT2D eigenvalue weighted by molar-refractivity contribution is 9.10. The highest BCUT2D eigenvalue weighted by Gasteiger charge is 2.13. The van der Waals surface area contributed by atoms with E-state index in [0.29, 0.717) is 4.60 Å². The van der Waals surface area contributed by atoms with Crippen LogP contribution in [0.25, 0.3) is 10.6 Å². The quantitative estimate of drug-likeness (QED) is 0.943. The molecular weight excluding hydrogens is 302 g/mol. The molecule has 0 bridgehead atoms. The number of nitrogens with zero attached hydrogens (tertiary/aromatic N) is 1. The molecule has 0 spiro atoms. The predicted molar refractivity (Wildman–Crippen MR) is 71.3 cm³/mol. The first-order valence-corrected chi connectivity index (χ1v) is 6.61. The SMILES string of the molecule is Cc1ccc(-c2nc(Br)c(CC(=O)O)s2)cc1. The van der Waals surface area contributed by atoms with Crippen molar-refractivity contribution in [1.82, 2.24) is 4.98 Å². The molecule has 1 heterocycles. The summed E-state index contributed by atoms with van der Waals surface area (Å²) in [5.41, 5.74) is 2.20. The van der Waals surface area contributed by atoms with Crippen LogP contribution in [0.2, 0.25) is 0 Å². The summed E-state index contributed by atoms with van der Waals surface area (Å²) < 4.78 is 0.625. The molecule has 2 rings (SSSR count). The minimum Gasteiger partial charge on any atom is -0.481 e. The molecule has 1 aromatic heterocycles. The molecule has 0 fully saturated rings. The lowest BCUT2D eigenvalue weighted by Gasteiger charge is -1.96. The Hall–Kier alpha value is -1.20. The second-order valence-corrected chi connectivity index (χ2v) is 5.50. The fourth-order valence-electron chi connectivity index (χ4n) is 1.40. The summed E-state index contributed by atoms with van der Waals surface area (Å²) in [5.74, 6) is -0.843. The van der Waals surface area contributed by atoms with Gasteiger partial charge in [-0.2, -0.15) is 0 Å². The predicted octanol–water partition coefficient (Wildman–Crippen LogP) is 3.51. The zero-order chi connectivity index (χ0) is 12.4. The molecule has 17 heavy (non-hydrogen) atoms. The summed E-state index contributed by atoms with van der Waals surface area (Å²) in [6, 6.07) is 8.01. The van der Waals surface area contributed by atoms with Crippen LogP contribution >= 0.6 is 27.3 Å². The van der Waals surface area contributed by atoms with Gasteiger partial charge in [-0.1, -0.05) is 29.8 Å². The van der Waals surface area contributed by atoms with Crippen molar-refractivity contribution in [1.29, 1.82) is 0 Å². The van der Waals surface area contributed by atoms with Crippen molar-refractivity contribution in [3.8, 4) is 10.6 Å². The number of halogens is 1. The van der Waals surface area contributed by atoms with Crippen molar-refractivity contribution in [3.63, 3.8) is 0 Å². The Kier molecular flexibility index (Phi) is 3.59. The zero-order valence-corrected chi connectivity index (χ0v) is 11.5. The number of thiazole rings is 1. The molecule has 0 atom stereocenters. The molecule has 0 unspecified atom stereocenters. The maximum Gasteiger partial charge on any atom is 0.308 e. The largest absolute Gasteiger partial charge is 0.481 e. The molecular formula is C12H10BrNO2S. The van der Waals surface area contributed by atoms with Gasteiger partial charge in [0, 0.05) is 5.56 Å². The molecule has 5 heteroatoms. The smallest absolute Gasteiger partial charge is 0.308 e. The van der Waals surface area contributed by atoms with E-state index in [1.807, 2.05) is 31.2 Å². The van der Waals surface area contributed by atoms with Crippen molar-refractivity contribution in [2.45, 2.75) is 13.3 Å². The van der Waals surface area contributed by atoms with Gasteiger partial charge in [0.15, 0.2) is 0 Å². The van der Waals surface area contributed by atoms with Crippen LogP contribution in [0.3, 0.4) is 0 Å². The molecule has 3 nitrogen and oxygen atoms in total. The van der Waals surface area contributed by atoms with Gasteiger partial charge in [-0.3, -0.25) is 4.79 Å². The Morgan fingerprint density at radius 1 is 1.41 bits per heavy atom. The molecule has 0 saturated heterocycles. The molecule has 0 saturated carbocycles. The van der Waals surface area contributed by atoms with E-state index in [0.717, 1.165) is 15.4 Å². The van der Waals surface area contributed by atoms with Crippen molar-refractivity contribution in [2.75, 3.05) is 0 Å². The van der Waals surface area contributed by atoms with Crippen LogP contribution in [0.1, 0.15) is 10.4 Å². The number of carbonyl (C=O) groups is 1. The topological polar surface area (TPSA) is 50.2 Å². The minimum atomic E-state index is -0.843. The number of benzene rings is 1. The van der Waals surface area contributed by atoms with E-state index >= 15 is 0 Å². The second-order valence-electron chi connectivity index (χ2n) is 3.67. The third-order valence-corrected chi connectivity index (χ3v) is 4.28. The van der Waals surface area contributed by atoms with Gasteiger partial charge in [0.25, 0.3) is 0 Å². The average molecular weight is 312 g/mol. The van der Waals surface area contributed by atoms with Gasteiger partial charge < -0.3 is 5.11 Å². The van der Waals surface area contributed by atoms with E-state index in [-0.39, 0.29) is 6.42 Å². The molecule has 0 aliphatic carbocycles. The fourth-order valence-corrected chi connectivity index (χ4v) is 3.03. The Morgan fingerprint density at radius 2 is 2.06 bits per heavy atom. The maximum absolute atomic E-state index is 10.7. The van der Waals surface area contributed by atoms with E-state index in [1.165, 1.54) is 16.9 Å². The van der Waals surface area contributed by atoms with E-state index in [4.69, 9.17) is 5.11 Å². The van der Waals surface area contributed by atoms with Crippen molar-refractivity contribution >= 4 is 33.2 Å². The number of hydrogen-bond acceptors (Lipinski definition) is 3. The molecule has 0 radical (unpaired) electrons. The van der Waals surface area contributed by atoms with E-state index < -0.39 is 5.97 Å². The van der Waals surface area contributed by atoms with E-state index in [2.05, 4.69) is 20.9 Å². The van der Waals surface area contributed by atoms with Gasteiger partial charge in [0.2, 0.25) is 0 Å². The number of rotatable bonds is 3. The number of aryl methyl sites for hydroxylation is 1. The van der Waals surface area contributed by atoms with Gasteiger partial charge in [0.05, 0.1) is 11.3 Å². The summed E-state index contributed by atoms with van der Waals surface area (Å²) in [6.07, 6.45) is 0.00408. The molecule has 0 aliphatic rings. The van der Waals surface area contributed by atoms with Gasteiger partial charge in [0.1, 0.15) is 9.61 Å². The first kappa shape index (κ1) is 12.3. The maximum atomic E-state index is 10.7. The monoisotopic (exact) mass is 311 g/mol. The lowest BCUT2D eigenvalue weighted by Crippen LogP contribution is -1.98. The third kappa shape index (κ3) is 2.92. The van der Waals surface area contributed by atoms with Crippen LogP contribution in [0, 0.1) is 6.92 Å². The molecule has 88 valence electrons. The molecule has 0 aliphatic heterocycles. The summed E-state index contributed by atoms with van der Waals surface area (Å²) >= 11 is 4.70. The van der Waals surface area contributed by atoms with Crippen LogP contribution in [-0.4, -0.2) is 16.1 Å². The van der Waals surface area contributed by atoms with Crippen molar-refractivity contribution < 1.29 is 9.90 Å². The van der Waals surface area contributed by atoms with Crippen LogP contribution in [0.15, 0.2) is 28.9 Å². The van der Waals surface area contributed by atoms with Crippen LogP contribution in [-0.2, 0) is 11.2 Å². The number of carboxylic acids is 1. The van der Waals surface area contributed by atoms with Crippen LogP contribution < -0.4 is 0 Å². The van der Waals surface area contributed by atoms with E-state index in [9.17, 15) is 4.79 Å². The Labute approximate surface area is 111 Å². The van der Waals surface area contributed by atoms with E-state index in [1.54, 1.807) is 0 Å². The zero-order valence-electron chi connectivity index (χ0n) is 9.11. The lowest BCUT2D eigenvalue weighted by atomic mass is 10.2. The van der Waals surface area contributed by atoms with Crippen LogP contribution in [0.5, 0.6) is 0 Å². The number of aromatic nitrogens is 1. The minimum absolute atomic E-state index is 0.00408. The second kappa shape index (κ2) is 4.98. The Bertz CT molecular complexity index is 548. The lowest BCUT2D eigenvalue weighted by molar-refractivity contribution is -0.136. The van der Waals surface area contributed by atoms with Gasteiger partial charge in [-0.25, -0.2) is 4.98 Å². The molecule has 1 N–H and O–H groups in total. The van der Waals surface area contributed by atoms with Crippen LogP contribution in [0.4, 0.5) is 0 Å². The standard InChI is InChI=1S/C12H10BrNO2S/c1-7-2-4-8(5-3-7)12-14-11(13)9(17-12)6-10(15)16/h2-5H,6H2,1H3,(H,15,16). The Balaban J connectivity index is 2.34. The van der Waals surface area contributed by atoms with Crippen molar-refractivity contribution in [3.05, 3.63) is 39.3 Å². The fraction of sp³-hybridized carbons (Fsp3) is 0.167. The van der Waals surface area contributed by atoms with Gasteiger partial charge in [-0.15, -0.1) is 11.3 Å². The summed E-state index contributed by atoms with van der Waals surface area (Å²) in [4.78, 5) is 15.7. The first-order chi connectivity index (χ1) is 8.06.